The van der Waals surface area contributed by atoms with Crippen molar-refractivity contribution in [3.05, 3.63) is 27.8 Å². The Morgan fingerprint density at radius 3 is 2.47 bits per heavy atom. The summed E-state index contributed by atoms with van der Waals surface area (Å²) >= 11 is 0. The SMILES string of the molecule is CC(=O)Nc1c([N+](=O)[O-])ccc(C(=O)O)c1N. The van der Waals surface area contributed by atoms with E-state index in [1.54, 1.807) is 0 Å². The maximum absolute atomic E-state index is 10.9. The molecule has 90 valence electrons. The number of hydrogen-bond donors (Lipinski definition) is 3. The number of carbonyl (C=O) groups is 2. The number of amides is 1. The van der Waals surface area contributed by atoms with Crippen molar-refractivity contribution < 1.29 is 19.6 Å². The van der Waals surface area contributed by atoms with Gasteiger partial charge in [0, 0.05) is 13.0 Å². The molecule has 0 bridgehead atoms. The van der Waals surface area contributed by atoms with E-state index in [0.29, 0.717) is 0 Å². The summed E-state index contributed by atoms with van der Waals surface area (Å²) in [6, 6.07) is 1.99. The zero-order chi connectivity index (χ0) is 13.2. The lowest BCUT2D eigenvalue weighted by molar-refractivity contribution is -0.383. The highest BCUT2D eigenvalue weighted by molar-refractivity contribution is 6.03. The first-order valence-corrected chi connectivity index (χ1v) is 4.42. The Morgan fingerprint density at radius 2 is 2.06 bits per heavy atom. The highest BCUT2D eigenvalue weighted by Gasteiger charge is 2.22. The molecule has 0 saturated heterocycles. The normalized spacial score (nSPS) is 9.71. The number of aromatic carboxylic acids is 1. The Balaban J connectivity index is 3.46. The first-order chi connectivity index (χ1) is 7.84. The Morgan fingerprint density at radius 1 is 1.47 bits per heavy atom. The van der Waals surface area contributed by atoms with E-state index < -0.39 is 22.5 Å². The van der Waals surface area contributed by atoms with Gasteiger partial charge in [0.15, 0.2) is 0 Å². The molecule has 17 heavy (non-hydrogen) atoms. The number of nitrogens with zero attached hydrogens (tertiary/aromatic N) is 1. The van der Waals surface area contributed by atoms with Gasteiger partial charge in [-0.1, -0.05) is 0 Å². The number of hydrogen-bond acceptors (Lipinski definition) is 5. The lowest BCUT2D eigenvalue weighted by Gasteiger charge is -2.09. The zero-order valence-corrected chi connectivity index (χ0v) is 8.76. The van der Waals surface area contributed by atoms with Crippen LogP contribution in [0.4, 0.5) is 17.1 Å². The lowest BCUT2D eigenvalue weighted by atomic mass is 10.1. The number of carbonyl (C=O) groups excluding carboxylic acids is 1. The molecule has 1 aromatic carbocycles. The Labute approximate surface area is 95.2 Å². The maximum atomic E-state index is 10.9. The molecule has 0 aliphatic heterocycles. The average molecular weight is 239 g/mol. The molecular formula is C9H9N3O5. The van der Waals surface area contributed by atoms with E-state index in [0.717, 1.165) is 19.1 Å². The van der Waals surface area contributed by atoms with Crippen LogP contribution in [0.15, 0.2) is 12.1 Å². The molecule has 1 amide bonds. The van der Waals surface area contributed by atoms with Crippen LogP contribution in [0, 0.1) is 10.1 Å². The quantitative estimate of drug-likeness (QED) is 0.406. The fraction of sp³-hybridized carbons (Fsp3) is 0.111. The third kappa shape index (κ3) is 2.48. The van der Waals surface area contributed by atoms with Crippen LogP contribution in [-0.4, -0.2) is 21.9 Å². The number of carboxylic acid groups (broad SMARTS) is 1. The molecule has 1 aromatic rings. The summed E-state index contributed by atoms with van der Waals surface area (Å²) in [5.41, 5.74) is 4.06. The minimum atomic E-state index is -1.33. The molecule has 0 atom stereocenters. The first-order valence-electron chi connectivity index (χ1n) is 4.42. The van der Waals surface area contributed by atoms with E-state index >= 15 is 0 Å². The van der Waals surface area contributed by atoms with Gasteiger partial charge in [0.05, 0.1) is 16.2 Å². The highest BCUT2D eigenvalue weighted by atomic mass is 16.6. The van der Waals surface area contributed by atoms with Gasteiger partial charge < -0.3 is 16.2 Å². The van der Waals surface area contributed by atoms with Gasteiger partial charge in [-0.15, -0.1) is 0 Å². The van der Waals surface area contributed by atoms with Crippen molar-refractivity contribution >= 4 is 28.9 Å². The second kappa shape index (κ2) is 4.47. The van der Waals surface area contributed by atoms with Gasteiger partial charge in [-0.25, -0.2) is 4.79 Å². The van der Waals surface area contributed by atoms with Gasteiger partial charge in [-0.05, 0) is 6.07 Å². The van der Waals surface area contributed by atoms with Gasteiger partial charge >= 0.3 is 5.97 Å². The van der Waals surface area contributed by atoms with Crippen LogP contribution in [-0.2, 0) is 4.79 Å². The topological polar surface area (TPSA) is 136 Å². The first kappa shape index (κ1) is 12.4. The number of anilines is 2. The summed E-state index contributed by atoms with van der Waals surface area (Å²) in [5.74, 6) is -1.91. The van der Waals surface area contributed by atoms with E-state index in [9.17, 15) is 19.7 Å². The molecule has 0 fully saturated rings. The number of carboxylic acids is 1. The third-order valence-electron chi connectivity index (χ3n) is 1.95. The summed E-state index contributed by atoms with van der Waals surface area (Å²) in [4.78, 5) is 31.6. The van der Waals surface area contributed by atoms with Crippen LogP contribution in [0.2, 0.25) is 0 Å². The average Bonchev–Trinajstić information content (AvgIpc) is 2.19. The van der Waals surface area contributed by atoms with Crippen LogP contribution >= 0.6 is 0 Å². The number of nitrogens with two attached hydrogens (primary N) is 1. The monoisotopic (exact) mass is 239 g/mol. The molecule has 0 radical (unpaired) electrons. The van der Waals surface area contributed by atoms with Crippen LogP contribution in [0.3, 0.4) is 0 Å². The summed E-state index contributed by atoms with van der Waals surface area (Å²) in [6.07, 6.45) is 0. The predicted molar refractivity (Wildman–Crippen MR) is 58.8 cm³/mol. The molecule has 8 nitrogen and oxygen atoms in total. The molecule has 1 rings (SSSR count). The van der Waals surface area contributed by atoms with E-state index in [-0.39, 0.29) is 16.9 Å². The minimum Gasteiger partial charge on any atom is -0.478 e. The maximum Gasteiger partial charge on any atom is 0.337 e. The number of nitro groups is 1. The zero-order valence-electron chi connectivity index (χ0n) is 8.76. The van der Waals surface area contributed by atoms with Crippen molar-refractivity contribution in [1.82, 2.24) is 0 Å². The third-order valence-corrected chi connectivity index (χ3v) is 1.95. The molecule has 4 N–H and O–H groups in total. The standard InChI is InChI=1S/C9H9N3O5/c1-4(13)11-8-6(12(16)17)3-2-5(7(8)10)9(14)15/h2-3H,10H2,1H3,(H,11,13)(H,14,15). The van der Waals surface area contributed by atoms with Crippen molar-refractivity contribution in [2.45, 2.75) is 6.92 Å². The van der Waals surface area contributed by atoms with Crippen LogP contribution in [0.5, 0.6) is 0 Å². The molecule has 0 spiro atoms. The Hall–Kier alpha value is -2.64. The fourth-order valence-electron chi connectivity index (χ4n) is 1.25. The van der Waals surface area contributed by atoms with Gasteiger partial charge in [0.25, 0.3) is 5.69 Å². The van der Waals surface area contributed by atoms with Crippen molar-refractivity contribution in [2.75, 3.05) is 11.1 Å². The van der Waals surface area contributed by atoms with Gasteiger partial charge in [-0.2, -0.15) is 0 Å². The van der Waals surface area contributed by atoms with Crippen molar-refractivity contribution in [2.24, 2.45) is 0 Å². The number of nitrogen functional groups attached to an aromatic ring is 1. The van der Waals surface area contributed by atoms with Gasteiger partial charge in [-0.3, -0.25) is 14.9 Å². The number of nitro benzene ring substituents is 1. The molecule has 0 aliphatic rings. The molecule has 0 aromatic heterocycles. The van der Waals surface area contributed by atoms with Gasteiger partial charge in [0.2, 0.25) is 5.91 Å². The molecule has 0 aliphatic carbocycles. The van der Waals surface area contributed by atoms with E-state index in [1.165, 1.54) is 0 Å². The number of benzene rings is 1. The summed E-state index contributed by atoms with van der Waals surface area (Å²) in [5, 5.41) is 21.6. The summed E-state index contributed by atoms with van der Waals surface area (Å²) in [6.45, 7) is 1.14. The Bertz CT molecular complexity index is 512. The Kier molecular flexibility index (Phi) is 3.27. The largest absolute Gasteiger partial charge is 0.478 e. The van der Waals surface area contributed by atoms with Crippen LogP contribution in [0.1, 0.15) is 17.3 Å². The van der Waals surface area contributed by atoms with Crippen LogP contribution < -0.4 is 11.1 Å². The molecule has 0 unspecified atom stereocenters. The number of rotatable bonds is 3. The lowest BCUT2D eigenvalue weighted by Crippen LogP contribution is -2.13. The number of nitrogens with one attached hydrogen (secondary N) is 1. The van der Waals surface area contributed by atoms with Crippen LogP contribution in [0.25, 0.3) is 0 Å². The highest BCUT2D eigenvalue weighted by Crippen LogP contribution is 2.33. The smallest absolute Gasteiger partial charge is 0.337 e. The van der Waals surface area contributed by atoms with E-state index in [2.05, 4.69) is 5.32 Å². The summed E-state index contributed by atoms with van der Waals surface area (Å²) < 4.78 is 0. The molecule has 0 heterocycles. The van der Waals surface area contributed by atoms with Gasteiger partial charge in [0.1, 0.15) is 5.69 Å². The van der Waals surface area contributed by atoms with Crippen molar-refractivity contribution in [3.8, 4) is 0 Å². The van der Waals surface area contributed by atoms with Crippen molar-refractivity contribution in [3.63, 3.8) is 0 Å². The van der Waals surface area contributed by atoms with E-state index in [4.69, 9.17) is 10.8 Å². The van der Waals surface area contributed by atoms with E-state index in [1.807, 2.05) is 0 Å². The second-order valence-electron chi connectivity index (χ2n) is 3.16. The molecule has 0 saturated carbocycles. The minimum absolute atomic E-state index is 0.303. The molecule has 8 heteroatoms. The van der Waals surface area contributed by atoms with Crippen molar-refractivity contribution in [1.29, 1.82) is 0 Å². The fourth-order valence-corrected chi connectivity index (χ4v) is 1.25. The summed E-state index contributed by atoms with van der Waals surface area (Å²) in [7, 11) is 0. The second-order valence-corrected chi connectivity index (χ2v) is 3.16. The molecular weight excluding hydrogens is 230 g/mol. The predicted octanol–water partition coefficient (Wildman–Crippen LogP) is 0.834.